The monoisotopic (exact) mass is 394 g/mol. The van der Waals surface area contributed by atoms with E-state index in [-0.39, 0.29) is 5.92 Å². The fourth-order valence-electron chi connectivity index (χ4n) is 3.46. The van der Waals surface area contributed by atoms with E-state index >= 15 is 0 Å². The normalized spacial score (nSPS) is 13.1. The van der Waals surface area contributed by atoms with E-state index in [1.54, 1.807) is 0 Å². The van der Waals surface area contributed by atoms with Gasteiger partial charge < -0.3 is 10.0 Å². The van der Waals surface area contributed by atoms with Crippen molar-refractivity contribution in [3.05, 3.63) is 54.0 Å². The molecule has 8 heteroatoms. The number of nitrogens with one attached hydrogen (secondary N) is 1. The molecule has 29 heavy (non-hydrogen) atoms. The lowest BCUT2D eigenvalue weighted by molar-refractivity contribution is -0.142. The van der Waals surface area contributed by atoms with E-state index in [2.05, 4.69) is 25.6 Å². The van der Waals surface area contributed by atoms with Gasteiger partial charge in [0.1, 0.15) is 5.82 Å². The maximum Gasteiger partial charge on any atom is 0.307 e. The van der Waals surface area contributed by atoms with Crippen LogP contribution in [0.3, 0.4) is 0 Å². The molecule has 8 nitrogen and oxygen atoms in total. The summed E-state index contributed by atoms with van der Waals surface area (Å²) in [5, 5.41) is 23.9. The number of carboxylic acid groups (broad SMARTS) is 1. The van der Waals surface area contributed by atoms with E-state index in [1.807, 2.05) is 68.5 Å². The largest absolute Gasteiger partial charge is 0.481 e. The smallest absolute Gasteiger partial charge is 0.307 e. The van der Waals surface area contributed by atoms with Crippen LogP contribution < -0.4 is 4.90 Å². The number of carboxylic acids is 1. The number of aliphatic carboxylic acids is 1. The van der Waals surface area contributed by atoms with Crippen molar-refractivity contribution in [2.75, 3.05) is 19.0 Å². The number of aromatic nitrogens is 5. The second kappa shape index (κ2) is 9.27. The quantitative estimate of drug-likeness (QED) is 0.574. The Balaban J connectivity index is 1.81. The first-order valence-electron chi connectivity index (χ1n) is 9.68. The second-order valence-corrected chi connectivity index (χ2v) is 7.31. The SMILES string of the molecule is CCC[C@H](C(=O)O)[C@H](Cc1ccc(-c2ccc(N(C)C)nc2)cc1)c1nn[nH]n1. The van der Waals surface area contributed by atoms with Gasteiger partial charge in [-0.15, -0.1) is 10.2 Å². The Kier molecular flexibility index (Phi) is 6.54. The summed E-state index contributed by atoms with van der Waals surface area (Å²) in [6.45, 7) is 1.98. The third kappa shape index (κ3) is 4.96. The number of rotatable bonds is 9. The maximum absolute atomic E-state index is 11.8. The number of H-pyrrole nitrogens is 1. The summed E-state index contributed by atoms with van der Waals surface area (Å²) >= 11 is 0. The number of carbonyl (C=O) groups is 1. The average molecular weight is 394 g/mol. The number of tetrazole rings is 1. The molecule has 0 bridgehead atoms. The highest BCUT2D eigenvalue weighted by Crippen LogP contribution is 2.30. The molecule has 2 aromatic heterocycles. The molecule has 0 unspecified atom stereocenters. The van der Waals surface area contributed by atoms with Crippen molar-refractivity contribution in [2.24, 2.45) is 5.92 Å². The summed E-state index contributed by atoms with van der Waals surface area (Å²) in [6, 6.07) is 12.1. The lowest BCUT2D eigenvalue weighted by Crippen LogP contribution is -2.25. The number of aromatic amines is 1. The zero-order chi connectivity index (χ0) is 20.8. The molecule has 0 radical (unpaired) electrons. The van der Waals surface area contributed by atoms with E-state index in [0.717, 1.165) is 28.9 Å². The third-order valence-corrected chi connectivity index (χ3v) is 5.04. The molecule has 0 amide bonds. The van der Waals surface area contributed by atoms with Gasteiger partial charge in [0.25, 0.3) is 0 Å². The Morgan fingerprint density at radius 3 is 2.38 bits per heavy atom. The van der Waals surface area contributed by atoms with Gasteiger partial charge in [0.05, 0.1) is 5.92 Å². The van der Waals surface area contributed by atoms with Gasteiger partial charge in [0.15, 0.2) is 5.82 Å². The molecule has 1 aromatic carbocycles. The highest BCUT2D eigenvalue weighted by atomic mass is 16.4. The molecule has 3 rings (SSSR count). The van der Waals surface area contributed by atoms with Gasteiger partial charge in [-0.25, -0.2) is 4.98 Å². The molecule has 2 N–H and O–H groups in total. The molecule has 3 aromatic rings. The second-order valence-electron chi connectivity index (χ2n) is 7.31. The first kappa shape index (κ1) is 20.4. The molecular formula is C21H26N6O2. The summed E-state index contributed by atoms with van der Waals surface area (Å²) < 4.78 is 0. The number of benzene rings is 1. The maximum atomic E-state index is 11.8. The molecule has 0 aliphatic rings. The lowest BCUT2D eigenvalue weighted by atomic mass is 9.83. The number of nitrogens with zero attached hydrogens (tertiary/aromatic N) is 5. The minimum absolute atomic E-state index is 0.335. The predicted molar refractivity (Wildman–Crippen MR) is 111 cm³/mol. The summed E-state index contributed by atoms with van der Waals surface area (Å²) in [4.78, 5) is 18.2. The Hall–Kier alpha value is -3.29. The van der Waals surface area contributed by atoms with Crippen LogP contribution in [-0.2, 0) is 11.2 Å². The summed E-state index contributed by atoms with van der Waals surface area (Å²) in [7, 11) is 3.92. The van der Waals surface area contributed by atoms with Crippen molar-refractivity contribution < 1.29 is 9.90 Å². The number of hydrogen-bond acceptors (Lipinski definition) is 6. The van der Waals surface area contributed by atoms with Gasteiger partial charge in [-0.05, 0) is 36.1 Å². The highest BCUT2D eigenvalue weighted by Gasteiger charge is 2.31. The minimum atomic E-state index is -0.828. The molecule has 0 saturated heterocycles. The van der Waals surface area contributed by atoms with Gasteiger partial charge >= 0.3 is 5.97 Å². The van der Waals surface area contributed by atoms with Crippen molar-refractivity contribution in [3.8, 4) is 11.1 Å². The van der Waals surface area contributed by atoms with E-state index in [0.29, 0.717) is 18.7 Å². The van der Waals surface area contributed by atoms with Crippen LogP contribution in [0.4, 0.5) is 5.82 Å². The fourth-order valence-corrected chi connectivity index (χ4v) is 3.46. The Bertz CT molecular complexity index is 907. The predicted octanol–water partition coefficient (Wildman–Crippen LogP) is 3.15. The zero-order valence-electron chi connectivity index (χ0n) is 16.9. The van der Waals surface area contributed by atoms with Gasteiger partial charge in [-0.3, -0.25) is 4.79 Å². The van der Waals surface area contributed by atoms with Gasteiger partial charge in [0, 0.05) is 31.8 Å². The molecule has 0 aliphatic carbocycles. The number of hydrogen-bond donors (Lipinski definition) is 2. The van der Waals surface area contributed by atoms with Crippen LogP contribution in [0.25, 0.3) is 11.1 Å². The van der Waals surface area contributed by atoms with E-state index in [4.69, 9.17) is 0 Å². The molecular weight excluding hydrogens is 368 g/mol. The van der Waals surface area contributed by atoms with Crippen LogP contribution in [0, 0.1) is 5.92 Å². The minimum Gasteiger partial charge on any atom is -0.481 e. The molecule has 2 atom stereocenters. The standard InChI is InChI=1S/C21H26N6O2/c1-4-5-17(21(28)29)18(20-23-25-26-24-20)12-14-6-8-15(9-7-14)16-10-11-19(22-13-16)27(2)3/h6-11,13,17-18H,4-5,12H2,1-3H3,(H,28,29)(H,23,24,25,26)/t17-,18-/m0/s1. The topological polar surface area (TPSA) is 108 Å². The van der Waals surface area contributed by atoms with Gasteiger partial charge in [-0.2, -0.15) is 5.21 Å². The highest BCUT2D eigenvalue weighted by molar-refractivity contribution is 5.71. The molecule has 0 fully saturated rings. The van der Waals surface area contributed by atoms with Gasteiger partial charge in [0.2, 0.25) is 0 Å². The average Bonchev–Trinajstić information content (AvgIpc) is 3.25. The van der Waals surface area contributed by atoms with Crippen LogP contribution >= 0.6 is 0 Å². The van der Waals surface area contributed by atoms with E-state index in [1.165, 1.54) is 0 Å². The van der Waals surface area contributed by atoms with Crippen molar-refractivity contribution in [3.63, 3.8) is 0 Å². The van der Waals surface area contributed by atoms with Crippen LogP contribution in [-0.4, -0.2) is 50.8 Å². The number of anilines is 1. The van der Waals surface area contributed by atoms with E-state index in [9.17, 15) is 9.90 Å². The summed E-state index contributed by atoms with van der Waals surface area (Å²) in [6.07, 6.45) is 3.74. The lowest BCUT2D eigenvalue weighted by Gasteiger charge is -2.21. The van der Waals surface area contributed by atoms with Crippen LogP contribution in [0.5, 0.6) is 0 Å². The summed E-state index contributed by atoms with van der Waals surface area (Å²) in [5.41, 5.74) is 3.13. The first-order chi connectivity index (χ1) is 14.0. The third-order valence-electron chi connectivity index (χ3n) is 5.04. The molecule has 0 saturated carbocycles. The Morgan fingerprint density at radius 1 is 1.14 bits per heavy atom. The zero-order valence-corrected chi connectivity index (χ0v) is 16.9. The van der Waals surface area contributed by atoms with Crippen LogP contribution in [0.15, 0.2) is 42.6 Å². The first-order valence-corrected chi connectivity index (χ1v) is 9.68. The van der Waals surface area contributed by atoms with Crippen molar-refractivity contribution in [2.45, 2.75) is 32.1 Å². The van der Waals surface area contributed by atoms with Crippen molar-refractivity contribution in [1.29, 1.82) is 0 Å². The molecule has 152 valence electrons. The molecule has 2 heterocycles. The van der Waals surface area contributed by atoms with Crippen LogP contribution in [0.2, 0.25) is 0 Å². The Morgan fingerprint density at radius 2 is 1.86 bits per heavy atom. The van der Waals surface area contributed by atoms with Gasteiger partial charge in [-0.1, -0.05) is 42.8 Å². The molecule has 0 spiro atoms. The van der Waals surface area contributed by atoms with E-state index < -0.39 is 11.9 Å². The molecule has 0 aliphatic heterocycles. The Labute approximate surface area is 170 Å². The fraction of sp³-hybridized carbons (Fsp3) is 0.381. The van der Waals surface area contributed by atoms with Crippen molar-refractivity contribution >= 4 is 11.8 Å². The number of pyridine rings is 1. The van der Waals surface area contributed by atoms with Crippen LogP contribution in [0.1, 0.15) is 37.1 Å². The summed E-state index contributed by atoms with van der Waals surface area (Å²) in [5.74, 6) is -0.370. The van der Waals surface area contributed by atoms with Crippen molar-refractivity contribution in [1.82, 2.24) is 25.6 Å².